The van der Waals surface area contributed by atoms with Gasteiger partial charge in [0, 0.05) is 36.0 Å². The van der Waals surface area contributed by atoms with Crippen LogP contribution < -0.4 is 0 Å². The molecule has 0 spiro atoms. The maximum Gasteiger partial charge on any atom is 0.266 e. The van der Waals surface area contributed by atoms with Crippen molar-refractivity contribution in [3.8, 4) is 22.7 Å². The number of carbonyl (C=O) groups is 1. The highest BCUT2D eigenvalue weighted by atomic mass is 35.5. The average molecular weight is 507 g/mol. The second-order valence-corrected chi connectivity index (χ2v) is 9.87. The summed E-state index contributed by atoms with van der Waals surface area (Å²) in [5.41, 5.74) is 3.03. The minimum atomic E-state index is -0.584. The Hall–Kier alpha value is -2.42. The van der Waals surface area contributed by atoms with E-state index in [0.717, 1.165) is 34.8 Å². The first-order valence-corrected chi connectivity index (χ1v) is 12.3. The molecule has 0 N–H and O–H groups in total. The molecule has 3 heterocycles. The summed E-state index contributed by atoms with van der Waals surface area (Å²) in [5.74, 6) is 0.871. The SMILES string of the molecule is CC(C)=NOC(C)C(=O)N1CCC(c2nc(-c3cc(-c4ccc(Cl)c(Cl)c4)no3)cs2)CC1. The van der Waals surface area contributed by atoms with Gasteiger partial charge < -0.3 is 14.3 Å². The lowest BCUT2D eigenvalue weighted by Crippen LogP contribution is -2.43. The normalized spacial score (nSPS) is 15.4. The average Bonchev–Trinajstić information content (AvgIpc) is 3.49. The number of amides is 1. The molecule has 10 heteroatoms. The number of rotatable bonds is 6. The van der Waals surface area contributed by atoms with Crippen LogP contribution in [0.2, 0.25) is 10.0 Å². The van der Waals surface area contributed by atoms with E-state index < -0.39 is 6.10 Å². The van der Waals surface area contributed by atoms with Gasteiger partial charge in [-0.15, -0.1) is 11.3 Å². The highest BCUT2D eigenvalue weighted by Gasteiger charge is 2.29. The number of hydrogen-bond donors (Lipinski definition) is 0. The van der Waals surface area contributed by atoms with E-state index >= 15 is 0 Å². The first kappa shape index (κ1) is 23.7. The smallest absolute Gasteiger partial charge is 0.266 e. The van der Waals surface area contributed by atoms with Gasteiger partial charge in [-0.2, -0.15) is 0 Å². The van der Waals surface area contributed by atoms with Crippen molar-refractivity contribution in [2.75, 3.05) is 13.1 Å². The fourth-order valence-electron chi connectivity index (χ4n) is 3.61. The van der Waals surface area contributed by atoms with Crippen LogP contribution in [0.4, 0.5) is 0 Å². The van der Waals surface area contributed by atoms with Gasteiger partial charge in [-0.25, -0.2) is 4.98 Å². The molecule has 7 nitrogen and oxygen atoms in total. The summed E-state index contributed by atoms with van der Waals surface area (Å²) in [6, 6.07) is 7.19. The second kappa shape index (κ2) is 10.2. The molecular weight excluding hydrogens is 483 g/mol. The number of nitrogens with zero attached hydrogens (tertiary/aromatic N) is 4. The zero-order valence-corrected chi connectivity index (χ0v) is 20.9. The Bertz CT molecular complexity index is 1160. The number of piperidine rings is 1. The van der Waals surface area contributed by atoms with E-state index in [2.05, 4.69) is 10.3 Å². The van der Waals surface area contributed by atoms with Crippen molar-refractivity contribution < 1.29 is 14.2 Å². The quantitative estimate of drug-likeness (QED) is 0.290. The van der Waals surface area contributed by atoms with E-state index in [0.29, 0.717) is 40.5 Å². The van der Waals surface area contributed by atoms with Crippen molar-refractivity contribution in [1.82, 2.24) is 15.0 Å². The molecule has 1 aliphatic heterocycles. The largest absolute Gasteiger partial charge is 0.383 e. The Morgan fingerprint density at radius 1 is 1.21 bits per heavy atom. The third kappa shape index (κ3) is 5.57. The number of carbonyl (C=O) groups excluding carboxylic acids is 1. The summed E-state index contributed by atoms with van der Waals surface area (Å²) >= 11 is 13.7. The van der Waals surface area contributed by atoms with Crippen LogP contribution in [0.1, 0.15) is 44.5 Å². The fraction of sp³-hybridized carbons (Fsp3) is 0.391. The molecule has 0 saturated carbocycles. The van der Waals surface area contributed by atoms with Crippen LogP contribution in [-0.4, -0.2) is 45.9 Å². The lowest BCUT2D eigenvalue weighted by atomic mass is 9.97. The molecular formula is C23H24Cl2N4O3S. The summed E-state index contributed by atoms with van der Waals surface area (Å²) in [4.78, 5) is 24.5. The molecule has 33 heavy (non-hydrogen) atoms. The molecule has 0 aliphatic carbocycles. The zero-order chi connectivity index (χ0) is 23.5. The molecule has 0 radical (unpaired) electrons. The summed E-state index contributed by atoms with van der Waals surface area (Å²) in [5, 5.41) is 12.0. The van der Waals surface area contributed by atoms with E-state index in [9.17, 15) is 4.79 Å². The lowest BCUT2D eigenvalue weighted by Gasteiger charge is -2.32. The van der Waals surface area contributed by atoms with Crippen LogP contribution in [0.25, 0.3) is 22.7 Å². The van der Waals surface area contributed by atoms with Gasteiger partial charge in [0.1, 0.15) is 11.4 Å². The van der Waals surface area contributed by atoms with Gasteiger partial charge in [0.15, 0.2) is 5.76 Å². The molecule has 1 atom stereocenters. The third-order valence-corrected chi connectivity index (χ3v) is 7.14. The summed E-state index contributed by atoms with van der Waals surface area (Å²) in [6.07, 6.45) is 1.12. The van der Waals surface area contributed by atoms with Gasteiger partial charge in [-0.1, -0.05) is 39.6 Å². The van der Waals surface area contributed by atoms with Gasteiger partial charge in [-0.3, -0.25) is 4.79 Å². The van der Waals surface area contributed by atoms with Crippen molar-refractivity contribution in [2.45, 2.75) is 45.6 Å². The maximum atomic E-state index is 12.6. The van der Waals surface area contributed by atoms with Gasteiger partial charge in [-0.05, 0) is 45.7 Å². The molecule has 1 saturated heterocycles. The van der Waals surface area contributed by atoms with Crippen LogP contribution >= 0.6 is 34.5 Å². The molecule has 174 valence electrons. The topological polar surface area (TPSA) is 80.8 Å². The minimum absolute atomic E-state index is 0.0326. The molecule has 2 aromatic heterocycles. The van der Waals surface area contributed by atoms with Crippen molar-refractivity contribution in [3.63, 3.8) is 0 Å². The van der Waals surface area contributed by atoms with Gasteiger partial charge >= 0.3 is 0 Å². The zero-order valence-electron chi connectivity index (χ0n) is 18.5. The molecule has 0 bridgehead atoms. The Morgan fingerprint density at radius 3 is 2.67 bits per heavy atom. The molecule has 3 aromatic rings. The fourth-order valence-corrected chi connectivity index (χ4v) is 4.89. The van der Waals surface area contributed by atoms with E-state index in [-0.39, 0.29) is 5.91 Å². The number of hydrogen-bond acceptors (Lipinski definition) is 7. The number of benzene rings is 1. The van der Waals surface area contributed by atoms with Gasteiger partial charge in [0.25, 0.3) is 5.91 Å². The highest BCUT2D eigenvalue weighted by Crippen LogP contribution is 2.35. The monoisotopic (exact) mass is 506 g/mol. The number of aromatic nitrogens is 2. The van der Waals surface area contributed by atoms with Gasteiger partial charge in [0.05, 0.1) is 20.8 Å². The lowest BCUT2D eigenvalue weighted by molar-refractivity contribution is -0.143. The van der Waals surface area contributed by atoms with E-state index in [4.69, 9.17) is 37.5 Å². The second-order valence-electron chi connectivity index (χ2n) is 8.16. The van der Waals surface area contributed by atoms with Crippen molar-refractivity contribution in [2.24, 2.45) is 5.16 Å². The van der Waals surface area contributed by atoms with Gasteiger partial charge in [0.2, 0.25) is 6.10 Å². The third-order valence-electron chi connectivity index (χ3n) is 5.40. The number of halogens is 2. The predicted octanol–water partition coefficient (Wildman–Crippen LogP) is 6.28. The summed E-state index contributed by atoms with van der Waals surface area (Å²) in [6.45, 7) is 6.74. The maximum absolute atomic E-state index is 12.6. The van der Waals surface area contributed by atoms with Crippen LogP contribution in [0.3, 0.4) is 0 Å². The Balaban J connectivity index is 1.38. The molecule has 1 unspecified atom stereocenters. The first-order chi connectivity index (χ1) is 15.8. The highest BCUT2D eigenvalue weighted by molar-refractivity contribution is 7.10. The molecule has 1 aromatic carbocycles. The van der Waals surface area contributed by atoms with Crippen molar-refractivity contribution >= 4 is 46.2 Å². The van der Waals surface area contributed by atoms with Crippen LogP contribution in [0.15, 0.2) is 39.3 Å². The first-order valence-electron chi connectivity index (χ1n) is 10.7. The number of likely N-dealkylation sites (tertiary alicyclic amines) is 1. The summed E-state index contributed by atoms with van der Waals surface area (Å²) < 4.78 is 5.53. The summed E-state index contributed by atoms with van der Waals surface area (Å²) in [7, 11) is 0. The molecule has 1 aliphatic rings. The number of oxime groups is 1. The van der Waals surface area contributed by atoms with Crippen molar-refractivity contribution in [1.29, 1.82) is 0 Å². The Labute approximate surface area is 206 Å². The predicted molar refractivity (Wildman–Crippen MR) is 131 cm³/mol. The van der Waals surface area contributed by atoms with Crippen LogP contribution in [0.5, 0.6) is 0 Å². The van der Waals surface area contributed by atoms with Crippen LogP contribution in [0, 0.1) is 0 Å². The Morgan fingerprint density at radius 2 is 1.97 bits per heavy atom. The standard InChI is InChI=1S/C23H24Cl2N4O3S/c1-13(2)27-31-14(3)23(30)29-8-6-15(7-9-29)22-26-20(12-33-22)21-11-19(28-32-21)16-4-5-17(24)18(25)10-16/h4-5,10-12,14-15H,6-9H2,1-3H3. The number of thiazole rings is 1. The molecule has 4 rings (SSSR count). The molecule has 1 fully saturated rings. The minimum Gasteiger partial charge on any atom is -0.383 e. The van der Waals surface area contributed by atoms with Crippen molar-refractivity contribution in [3.05, 3.63) is 44.7 Å². The Kier molecular flexibility index (Phi) is 7.36. The van der Waals surface area contributed by atoms with Crippen LogP contribution in [-0.2, 0) is 9.63 Å². The van der Waals surface area contributed by atoms with E-state index in [1.165, 1.54) is 0 Å². The van der Waals surface area contributed by atoms with E-state index in [1.54, 1.807) is 30.4 Å². The van der Waals surface area contributed by atoms with E-state index in [1.807, 2.05) is 36.3 Å². The molecule has 1 amide bonds.